The van der Waals surface area contributed by atoms with Crippen molar-refractivity contribution in [3.63, 3.8) is 0 Å². The average Bonchev–Trinajstić information content (AvgIpc) is 2.83. The van der Waals surface area contributed by atoms with Crippen LogP contribution in [-0.4, -0.2) is 10.7 Å². The molecule has 14 heavy (non-hydrogen) atoms. The molecule has 2 heteroatoms. The topological polar surface area (TPSA) is 20.2 Å². The van der Waals surface area contributed by atoms with E-state index < -0.39 is 5.60 Å². The Bertz CT molecular complexity index is 323. The average molecular weight is 194 g/mol. The van der Waals surface area contributed by atoms with Gasteiger partial charge in [-0.2, -0.15) is 0 Å². The van der Waals surface area contributed by atoms with Gasteiger partial charge in [0.25, 0.3) is 0 Å². The molecule has 0 heterocycles. The van der Waals surface area contributed by atoms with E-state index in [1.54, 1.807) is 0 Å². The minimum Gasteiger partial charge on any atom is -0.390 e. The zero-order valence-electron chi connectivity index (χ0n) is 8.50. The van der Waals surface area contributed by atoms with Crippen LogP contribution in [0, 0.1) is 11.7 Å². The van der Waals surface area contributed by atoms with E-state index in [-0.39, 0.29) is 5.82 Å². The number of halogens is 1. The fourth-order valence-electron chi connectivity index (χ4n) is 2.05. The third-order valence-corrected chi connectivity index (χ3v) is 3.00. The third-order valence-electron chi connectivity index (χ3n) is 3.00. The molecule has 1 aliphatic carbocycles. The fourth-order valence-corrected chi connectivity index (χ4v) is 2.05. The van der Waals surface area contributed by atoms with Crippen molar-refractivity contribution >= 4 is 0 Å². The van der Waals surface area contributed by atoms with Gasteiger partial charge in [0.05, 0.1) is 5.60 Å². The Morgan fingerprint density at radius 1 is 1.29 bits per heavy atom. The van der Waals surface area contributed by atoms with Crippen LogP contribution in [-0.2, 0) is 0 Å². The van der Waals surface area contributed by atoms with Crippen molar-refractivity contribution in [2.45, 2.75) is 31.8 Å². The Labute approximate surface area is 83.6 Å². The molecule has 1 N–H and O–H groups in total. The summed E-state index contributed by atoms with van der Waals surface area (Å²) in [5.74, 6) is 0.540. The van der Waals surface area contributed by atoms with E-state index in [2.05, 4.69) is 0 Å². The van der Waals surface area contributed by atoms with Crippen molar-refractivity contribution in [1.29, 1.82) is 0 Å². The first-order valence-electron chi connectivity index (χ1n) is 4.96. The second-order valence-corrected chi connectivity index (χ2v) is 4.65. The lowest BCUT2D eigenvalue weighted by molar-refractivity contribution is 0.0546. The lowest BCUT2D eigenvalue weighted by Crippen LogP contribution is -2.22. The highest BCUT2D eigenvalue weighted by atomic mass is 19.1. The summed E-state index contributed by atoms with van der Waals surface area (Å²) in [5, 5.41) is 9.77. The van der Waals surface area contributed by atoms with Gasteiger partial charge in [-0.25, -0.2) is 4.39 Å². The predicted octanol–water partition coefficient (Wildman–Crippen LogP) is 2.70. The minimum atomic E-state index is -0.612. The molecular formula is C12H15FO. The Morgan fingerprint density at radius 2 is 1.86 bits per heavy atom. The summed E-state index contributed by atoms with van der Waals surface area (Å²) < 4.78 is 12.7. The highest BCUT2D eigenvalue weighted by molar-refractivity contribution is 5.27. The van der Waals surface area contributed by atoms with Gasteiger partial charge in [0.15, 0.2) is 0 Å². The second kappa shape index (κ2) is 3.06. The summed E-state index contributed by atoms with van der Waals surface area (Å²) in [6, 6.07) is 6.58. The lowest BCUT2D eigenvalue weighted by Gasteiger charge is -2.16. The molecule has 0 bridgehead atoms. The highest BCUT2D eigenvalue weighted by Crippen LogP contribution is 2.53. The van der Waals surface area contributed by atoms with Gasteiger partial charge in [-0.1, -0.05) is 12.1 Å². The molecule has 1 fully saturated rings. The van der Waals surface area contributed by atoms with E-state index in [0.29, 0.717) is 11.8 Å². The number of hydrogen-bond acceptors (Lipinski definition) is 1. The molecule has 1 aromatic rings. The van der Waals surface area contributed by atoms with E-state index in [9.17, 15) is 9.50 Å². The predicted molar refractivity (Wildman–Crippen MR) is 53.5 cm³/mol. The van der Waals surface area contributed by atoms with Crippen molar-refractivity contribution in [2.24, 2.45) is 5.92 Å². The van der Waals surface area contributed by atoms with Crippen LogP contribution in [0.25, 0.3) is 0 Å². The molecule has 1 saturated carbocycles. The fraction of sp³-hybridized carbons (Fsp3) is 0.500. The highest BCUT2D eigenvalue weighted by Gasteiger charge is 2.47. The lowest BCUT2D eigenvalue weighted by atomic mass is 9.99. The van der Waals surface area contributed by atoms with Crippen LogP contribution in [0.2, 0.25) is 0 Å². The summed E-state index contributed by atoms with van der Waals surface area (Å²) >= 11 is 0. The van der Waals surface area contributed by atoms with Gasteiger partial charge in [0.1, 0.15) is 5.82 Å². The molecule has 2 atom stereocenters. The van der Waals surface area contributed by atoms with Crippen LogP contribution in [0.5, 0.6) is 0 Å². The molecule has 0 aromatic heterocycles. The van der Waals surface area contributed by atoms with E-state index in [1.807, 2.05) is 26.0 Å². The second-order valence-electron chi connectivity index (χ2n) is 4.65. The Morgan fingerprint density at radius 3 is 2.29 bits per heavy atom. The van der Waals surface area contributed by atoms with Gasteiger partial charge in [-0.05, 0) is 49.8 Å². The minimum absolute atomic E-state index is 0.200. The molecule has 1 nitrogen and oxygen atoms in total. The smallest absolute Gasteiger partial charge is 0.123 e. The summed E-state index contributed by atoms with van der Waals surface area (Å²) in [6.07, 6.45) is 1.01. The van der Waals surface area contributed by atoms with Crippen LogP contribution >= 0.6 is 0 Å². The van der Waals surface area contributed by atoms with E-state index in [1.165, 1.54) is 12.1 Å². The molecule has 76 valence electrons. The number of benzene rings is 1. The first kappa shape index (κ1) is 9.66. The number of hydrogen-bond donors (Lipinski definition) is 1. The maximum absolute atomic E-state index is 12.7. The van der Waals surface area contributed by atoms with Crippen LogP contribution in [0.15, 0.2) is 24.3 Å². The van der Waals surface area contributed by atoms with Gasteiger partial charge < -0.3 is 5.11 Å². The van der Waals surface area contributed by atoms with Gasteiger partial charge in [-0.3, -0.25) is 0 Å². The summed E-state index contributed by atoms with van der Waals surface area (Å²) in [5.41, 5.74) is 0.525. The monoisotopic (exact) mass is 194 g/mol. The number of aliphatic hydroxyl groups is 1. The van der Waals surface area contributed by atoms with E-state index in [4.69, 9.17) is 0 Å². The van der Waals surface area contributed by atoms with Crippen molar-refractivity contribution in [2.75, 3.05) is 0 Å². The maximum Gasteiger partial charge on any atom is 0.123 e. The quantitative estimate of drug-likeness (QED) is 0.767. The van der Waals surface area contributed by atoms with E-state index >= 15 is 0 Å². The first-order valence-corrected chi connectivity index (χ1v) is 4.96. The first-order chi connectivity index (χ1) is 6.48. The van der Waals surface area contributed by atoms with Crippen molar-refractivity contribution < 1.29 is 9.50 Å². The Hall–Kier alpha value is -0.890. The van der Waals surface area contributed by atoms with Gasteiger partial charge >= 0.3 is 0 Å². The number of rotatable bonds is 2. The summed E-state index contributed by atoms with van der Waals surface area (Å²) in [6.45, 7) is 3.67. The van der Waals surface area contributed by atoms with Gasteiger partial charge in [0.2, 0.25) is 0 Å². The van der Waals surface area contributed by atoms with Crippen molar-refractivity contribution in [3.05, 3.63) is 35.6 Å². The zero-order valence-corrected chi connectivity index (χ0v) is 8.50. The maximum atomic E-state index is 12.7. The molecule has 0 amide bonds. The largest absolute Gasteiger partial charge is 0.390 e. The molecule has 2 rings (SSSR count). The zero-order chi connectivity index (χ0) is 10.3. The molecular weight excluding hydrogens is 179 g/mol. The van der Waals surface area contributed by atoms with Crippen LogP contribution < -0.4 is 0 Å². The Kier molecular flexibility index (Phi) is 2.11. The Balaban J connectivity index is 2.10. The molecule has 0 saturated heterocycles. The van der Waals surface area contributed by atoms with Gasteiger partial charge in [0, 0.05) is 0 Å². The molecule has 0 radical (unpaired) electrons. The van der Waals surface area contributed by atoms with Crippen molar-refractivity contribution in [1.82, 2.24) is 0 Å². The molecule has 0 spiro atoms. The van der Waals surface area contributed by atoms with Gasteiger partial charge in [-0.15, -0.1) is 0 Å². The van der Waals surface area contributed by atoms with Crippen LogP contribution in [0.1, 0.15) is 31.7 Å². The summed E-state index contributed by atoms with van der Waals surface area (Å²) in [4.78, 5) is 0. The van der Waals surface area contributed by atoms with Crippen molar-refractivity contribution in [3.8, 4) is 0 Å². The molecule has 1 aliphatic rings. The van der Waals surface area contributed by atoms with Crippen LogP contribution in [0.4, 0.5) is 4.39 Å². The normalized spacial score (nSPS) is 26.3. The van der Waals surface area contributed by atoms with Crippen LogP contribution in [0.3, 0.4) is 0 Å². The standard InChI is InChI=1S/C12H15FO/c1-12(2,14)11-7-10(11)8-3-5-9(13)6-4-8/h3-6,10-11,14H,7H2,1-2H3/t10-,11+/m0/s1. The molecule has 0 aliphatic heterocycles. The molecule has 0 unspecified atom stereocenters. The third kappa shape index (κ3) is 1.80. The summed E-state index contributed by atoms with van der Waals surface area (Å²) in [7, 11) is 0. The SMILES string of the molecule is CC(C)(O)[C@@H]1C[C@H]1c1ccc(F)cc1. The molecule has 1 aromatic carbocycles. The van der Waals surface area contributed by atoms with E-state index in [0.717, 1.165) is 12.0 Å².